The lowest BCUT2D eigenvalue weighted by Crippen LogP contribution is -2.33. The number of rotatable bonds is 9. The Bertz CT molecular complexity index is 608. The molecule has 124 valence electrons. The Morgan fingerprint density at radius 1 is 1.18 bits per heavy atom. The SMILES string of the molecule is CCCCN(CCCC)S(=O)(=O)c1cc(C(=O)O)ccc1Cl. The van der Waals surface area contributed by atoms with Crippen molar-refractivity contribution in [1.82, 2.24) is 4.31 Å². The minimum atomic E-state index is -3.79. The van der Waals surface area contributed by atoms with Gasteiger partial charge in [-0.2, -0.15) is 4.31 Å². The van der Waals surface area contributed by atoms with Gasteiger partial charge in [-0.1, -0.05) is 38.3 Å². The van der Waals surface area contributed by atoms with Gasteiger partial charge >= 0.3 is 5.97 Å². The predicted molar refractivity (Wildman–Crippen MR) is 87.0 cm³/mol. The molecule has 0 radical (unpaired) electrons. The normalized spacial score (nSPS) is 11.8. The van der Waals surface area contributed by atoms with E-state index in [0.717, 1.165) is 31.7 Å². The summed E-state index contributed by atoms with van der Waals surface area (Å²) in [5, 5.41) is 9.08. The zero-order valence-electron chi connectivity index (χ0n) is 12.9. The highest BCUT2D eigenvalue weighted by Gasteiger charge is 2.27. The number of benzene rings is 1. The van der Waals surface area contributed by atoms with Crippen LogP contribution in [-0.2, 0) is 10.0 Å². The minimum Gasteiger partial charge on any atom is -0.478 e. The molecule has 1 N–H and O–H groups in total. The second-order valence-electron chi connectivity index (χ2n) is 5.06. The second-order valence-corrected chi connectivity index (χ2v) is 7.38. The highest BCUT2D eigenvalue weighted by molar-refractivity contribution is 7.89. The van der Waals surface area contributed by atoms with Crippen molar-refractivity contribution in [3.63, 3.8) is 0 Å². The van der Waals surface area contributed by atoms with Crippen molar-refractivity contribution in [2.75, 3.05) is 13.1 Å². The first kappa shape index (κ1) is 18.9. The summed E-state index contributed by atoms with van der Waals surface area (Å²) in [7, 11) is -3.79. The molecule has 1 aromatic carbocycles. The van der Waals surface area contributed by atoms with Crippen molar-refractivity contribution in [3.8, 4) is 0 Å². The smallest absolute Gasteiger partial charge is 0.335 e. The van der Waals surface area contributed by atoms with Gasteiger partial charge in [0.1, 0.15) is 4.90 Å². The quantitative estimate of drug-likeness (QED) is 0.740. The molecular weight excluding hydrogens is 326 g/mol. The zero-order chi connectivity index (χ0) is 16.8. The molecule has 0 fully saturated rings. The summed E-state index contributed by atoms with van der Waals surface area (Å²) in [5.41, 5.74) is -0.0890. The van der Waals surface area contributed by atoms with Crippen LogP contribution in [-0.4, -0.2) is 36.9 Å². The molecule has 1 rings (SSSR count). The van der Waals surface area contributed by atoms with E-state index in [0.29, 0.717) is 13.1 Å². The molecule has 22 heavy (non-hydrogen) atoms. The average Bonchev–Trinajstić information content (AvgIpc) is 2.47. The Hall–Kier alpha value is -1.11. The first-order valence-corrected chi connectivity index (χ1v) is 9.19. The van der Waals surface area contributed by atoms with Crippen LogP contribution in [0, 0.1) is 0 Å². The lowest BCUT2D eigenvalue weighted by atomic mass is 10.2. The van der Waals surface area contributed by atoms with Gasteiger partial charge in [0.2, 0.25) is 10.0 Å². The fourth-order valence-electron chi connectivity index (χ4n) is 1.99. The van der Waals surface area contributed by atoms with Gasteiger partial charge in [0.05, 0.1) is 10.6 Å². The van der Waals surface area contributed by atoms with Crippen LogP contribution >= 0.6 is 11.6 Å². The van der Waals surface area contributed by atoms with Crippen LogP contribution in [0.25, 0.3) is 0 Å². The minimum absolute atomic E-state index is 0.0444. The number of carboxylic acid groups (broad SMARTS) is 1. The molecule has 0 aliphatic carbocycles. The highest BCUT2D eigenvalue weighted by atomic mass is 35.5. The van der Waals surface area contributed by atoms with Crippen molar-refractivity contribution >= 4 is 27.6 Å². The molecule has 0 aliphatic rings. The molecule has 0 spiro atoms. The van der Waals surface area contributed by atoms with Gasteiger partial charge in [0, 0.05) is 13.1 Å². The highest BCUT2D eigenvalue weighted by Crippen LogP contribution is 2.26. The first-order valence-electron chi connectivity index (χ1n) is 7.37. The van der Waals surface area contributed by atoms with Crippen LogP contribution in [0.1, 0.15) is 49.9 Å². The van der Waals surface area contributed by atoms with E-state index in [9.17, 15) is 13.2 Å². The lowest BCUT2D eigenvalue weighted by molar-refractivity contribution is 0.0696. The molecule has 0 saturated carbocycles. The molecule has 0 saturated heterocycles. The fraction of sp³-hybridized carbons (Fsp3) is 0.533. The molecule has 7 heteroatoms. The number of carbonyl (C=O) groups is 1. The molecule has 0 aliphatic heterocycles. The maximum absolute atomic E-state index is 12.8. The Morgan fingerprint density at radius 2 is 1.73 bits per heavy atom. The van der Waals surface area contributed by atoms with Gasteiger partial charge in [-0.15, -0.1) is 0 Å². The first-order chi connectivity index (χ1) is 10.3. The fourth-order valence-corrected chi connectivity index (χ4v) is 4.01. The number of aromatic carboxylic acids is 1. The Morgan fingerprint density at radius 3 is 2.18 bits per heavy atom. The number of unbranched alkanes of at least 4 members (excludes halogenated alkanes) is 2. The summed E-state index contributed by atoms with van der Waals surface area (Å²) < 4.78 is 27.0. The number of sulfonamides is 1. The number of carboxylic acids is 1. The Balaban J connectivity index is 3.22. The van der Waals surface area contributed by atoms with Crippen LogP contribution in [0.2, 0.25) is 5.02 Å². The third-order valence-electron chi connectivity index (χ3n) is 3.32. The summed E-state index contributed by atoms with van der Waals surface area (Å²) >= 11 is 6.00. The van der Waals surface area contributed by atoms with E-state index in [1.165, 1.54) is 16.4 Å². The van der Waals surface area contributed by atoms with Gasteiger partial charge < -0.3 is 5.11 Å². The predicted octanol–water partition coefficient (Wildman–Crippen LogP) is 3.63. The van der Waals surface area contributed by atoms with Crippen LogP contribution in [0.3, 0.4) is 0 Å². The number of halogens is 1. The number of hydrogen-bond donors (Lipinski definition) is 1. The third-order valence-corrected chi connectivity index (χ3v) is 5.70. The lowest BCUT2D eigenvalue weighted by Gasteiger charge is -2.22. The number of nitrogens with zero attached hydrogens (tertiary/aromatic N) is 1. The van der Waals surface area contributed by atoms with Gasteiger partial charge in [-0.25, -0.2) is 13.2 Å². The molecule has 0 aromatic heterocycles. The summed E-state index contributed by atoms with van der Waals surface area (Å²) in [5.74, 6) is -1.18. The zero-order valence-corrected chi connectivity index (χ0v) is 14.5. The molecule has 0 bridgehead atoms. The van der Waals surface area contributed by atoms with Crippen LogP contribution in [0.5, 0.6) is 0 Å². The Labute approximate surface area is 136 Å². The van der Waals surface area contributed by atoms with Crippen molar-refractivity contribution < 1.29 is 18.3 Å². The van der Waals surface area contributed by atoms with Crippen LogP contribution in [0.15, 0.2) is 23.1 Å². The molecule has 5 nitrogen and oxygen atoms in total. The molecule has 0 atom stereocenters. The van der Waals surface area contributed by atoms with E-state index in [-0.39, 0.29) is 15.5 Å². The van der Waals surface area contributed by atoms with E-state index < -0.39 is 16.0 Å². The average molecular weight is 348 g/mol. The van der Waals surface area contributed by atoms with Crippen molar-refractivity contribution in [2.45, 2.75) is 44.4 Å². The monoisotopic (exact) mass is 347 g/mol. The van der Waals surface area contributed by atoms with Crippen LogP contribution in [0.4, 0.5) is 0 Å². The van der Waals surface area contributed by atoms with E-state index in [2.05, 4.69) is 0 Å². The van der Waals surface area contributed by atoms with Gasteiger partial charge in [0.25, 0.3) is 0 Å². The second kappa shape index (κ2) is 8.50. The molecular formula is C15H22ClNO4S. The maximum Gasteiger partial charge on any atom is 0.335 e. The molecule has 0 unspecified atom stereocenters. The summed E-state index contributed by atoms with van der Waals surface area (Å²) in [6, 6.07) is 3.74. The summed E-state index contributed by atoms with van der Waals surface area (Å²) in [6.07, 6.45) is 3.25. The van der Waals surface area contributed by atoms with Gasteiger partial charge in [-0.05, 0) is 31.0 Å². The molecule has 1 aromatic rings. The van der Waals surface area contributed by atoms with E-state index in [1.54, 1.807) is 0 Å². The molecule has 0 amide bonds. The standard InChI is InChI=1S/C15H22ClNO4S/c1-3-5-9-17(10-6-4-2)22(20,21)14-11-12(15(18)19)7-8-13(14)16/h7-8,11H,3-6,9-10H2,1-2H3,(H,18,19). The number of hydrogen-bond acceptors (Lipinski definition) is 3. The summed E-state index contributed by atoms with van der Waals surface area (Å²) in [4.78, 5) is 10.9. The van der Waals surface area contributed by atoms with Crippen molar-refractivity contribution in [2.24, 2.45) is 0 Å². The van der Waals surface area contributed by atoms with E-state index >= 15 is 0 Å². The maximum atomic E-state index is 12.8. The Kier molecular flexibility index (Phi) is 7.32. The van der Waals surface area contributed by atoms with Gasteiger partial charge in [-0.3, -0.25) is 0 Å². The molecule has 0 heterocycles. The van der Waals surface area contributed by atoms with E-state index in [4.69, 9.17) is 16.7 Å². The van der Waals surface area contributed by atoms with E-state index in [1.807, 2.05) is 13.8 Å². The van der Waals surface area contributed by atoms with Crippen molar-refractivity contribution in [3.05, 3.63) is 28.8 Å². The summed E-state index contributed by atoms with van der Waals surface area (Å²) in [6.45, 7) is 4.80. The largest absolute Gasteiger partial charge is 0.478 e. The van der Waals surface area contributed by atoms with Crippen LogP contribution < -0.4 is 0 Å². The third kappa shape index (κ3) is 4.69. The topological polar surface area (TPSA) is 74.7 Å². The van der Waals surface area contributed by atoms with Gasteiger partial charge in [0.15, 0.2) is 0 Å². The van der Waals surface area contributed by atoms with Crippen molar-refractivity contribution in [1.29, 1.82) is 0 Å².